The fourth-order valence-corrected chi connectivity index (χ4v) is 15.9. The Balaban J connectivity index is 0.000000231. The Hall–Kier alpha value is -16.2. The average molecular weight is 1850 g/mol. The van der Waals surface area contributed by atoms with Crippen LogP contribution in [0.3, 0.4) is 0 Å². The predicted octanol–water partition coefficient (Wildman–Crippen LogP) is 8.43. The molecule has 2 atom stereocenters. The van der Waals surface area contributed by atoms with Gasteiger partial charge in [0.15, 0.2) is 23.0 Å². The molecule has 8 aromatic heterocycles. The fourth-order valence-electron chi connectivity index (χ4n) is 15.9. The van der Waals surface area contributed by atoms with E-state index in [-0.39, 0.29) is 140 Å². The second-order valence-corrected chi connectivity index (χ2v) is 33.1. The molecule has 42 heteroatoms. The first kappa shape index (κ1) is 96.4. The molecule has 135 heavy (non-hydrogen) atoms. The van der Waals surface area contributed by atoms with E-state index in [4.69, 9.17) is 18.9 Å². The predicted molar refractivity (Wildman–Crippen MR) is 504 cm³/mol. The van der Waals surface area contributed by atoms with Crippen molar-refractivity contribution in [2.75, 3.05) is 109 Å². The largest absolute Gasteiger partial charge is 0.493 e. The third-order valence-electron chi connectivity index (χ3n) is 22.9. The molecule has 0 radical (unpaired) electrons. The molecule has 0 saturated carbocycles. The zero-order chi connectivity index (χ0) is 96.6. The van der Waals surface area contributed by atoms with Crippen LogP contribution in [0.5, 0.6) is 23.0 Å². The number of anilines is 8. The molecular formula is C93H110N24O18. The lowest BCUT2D eigenvalue weighted by Crippen LogP contribution is -2.35. The monoisotopic (exact) mass is 1850 g/mol. The molecule has 0 bridgehead atoms. The Kier molecular flexibility index (Phi) is 30.9. The van der Waals surface area contributed by atoms with Crippen molar-refractivity contribution in [3.05, 3.63) is 179 Å². The van der Waals surface area contributed by atoms with E-state index in [1.807, 2.05) is 46.8 Å². The summed E-state index contributed by atoms with van der Waals surface area (Å²) in [5, 5.41) is 33.2. The molecule has 710 valence electrons. The molecule has 14 amide bonds. The van der Waals surface area contributed by atoms with Crippen LogP contribution < -0.4 is 82.7 Å². The molecule has 0 spiro atoms. The van der Waals surface area contributed by atoms with Gasteiger partial charge < -0.3 is 129 Å². The number of carbonyl (C=O) groups excluding carboxylic acids is 14. The topological polar surface area (TPSA) is 491 Å². The van der Waals surface area contributed by atoms with Gasteiger partial charge in [-0.25, -0.2) is 0 Å². The van der Waals surface area contributed by atoms with Crippen molar-refractivity contribution in [2.45, 2.75) is 96.6 Å². The number of nitrogens with one attached hydrogen (secondary N) is 12. The maximum absolute atomic E-state index is 13.3. The molecule has 0 unspecified atom stereocenters. The summed E-state index contributed by atoms with van der Waals surface area (Å²) in [6, 6.07) is 19.2. The molecule has 2 fully saturated rings. The molecule has 12 heterocycles. The quantitative estimate of drug-likeness (QED) is 0.0162. The van der Waals surface area contributed by atoms with E-state index in [2.05, 4.69) is 73.8 Å². The highest BCUT2D eigenvalue weighted by Gasteiger charge is 2.35. The number of hydrogen-bond donors (Lipinski definition) is 12. The molecule has 0 aliphatic carbocycles. The number of ether oxygens (including phenoxy) is 4. The van der Waals surface area contributed by atoms with E-state index in [9.17, 15) is 67.1 Å². The Morgan fingerprint density at radius 3 is 0.941 bits per heavy atom. The van der Waals surface area contributed by atoms with Crippen LogP contribution in [0.15, 0.2) is 132 Å². The molecule has 2 aromatic carbocycles. The molecule has 14 rings (SSSR count). The summed E-state index contributed by atoms with van der Waals surface area (Å²) in [6.45, 7) is 5.95. The van der Waals surface area contributed by atoms with Crippen LogP contribution in [0, 0.1) is 6.92 Å². The number of aromatic nitrogens is 8. The summed E-state index contributed by atoms with van der Waals surface area (Å²) < 4.78 is 35.8. The van der Waals surface area contributed by atoms with Crippen LogP contribution in [-0.2, 0) is 80.4 Å². The minimum absolute atomic E-state index is 0.0107. The first-order valence-electron chi connectivity index (χ1n) is 43.9. The lowest BCUT2D eigenvalue weighted by molar-refractivity contribution is -0.119. The highest BCUT2D eigenvalue weighted by Crippen LogP contribution is 2.41. The summed E-state index contributed by atoms with van der Waals surface area (Å²) in [7, 11) is 16.5. The molecule has 12 N–H and O–H groups in total. The summed E-state index contributed by atoms with van der Waals surface area (Å²) in [6.07, 6.45) is 21.7. The number of hydrogen-bond acceptors (Lipinski definition) is 20. The van der Waals surface area contributed by atoms with Gasteiger partial charge in [-0.15, -0.1) is 0 Å². The SMILES string of the molecule is COc1cc2c(cc1OCCCC(=O)Nc1cc(C(=O)Nc3cc(C(=O)NCCC(=O)Nc4cc(C(=O)Nc5cc(C(=O)NCCCNC(C)=O)n(C)c5)n(C)c4)n(C)c3)n(C)c1)N=C[C@@H]1CCCN1C2=O.COc1cc2c(cc1OCCCC(=O)Nc1cc(C(=O)Nc3cc(C(=O)NCCC(=O)Nc4cc(C(=O)Nc5cc(C)n(C)c5)n(C)c4)n(C)c3)n(C)c1)N=C[C@@H]1CCCN1C2=O. The van der Waals surface area contributed by atoms with Gasteiger partial charge in [0.1, 0.15) is 39.9 Å². The minimum Gasteiger partial charge on any atom is -0.493 e. The van der Waals surface area contributed by atoms with E-state index in [1.165, 1.54) is 50.0 Å². The highest BCUT2D eigenvalue weighted by atomic mass is 16.5. The fraction of sp³-hybridized carbons (Fsp3) is 0.355. The molecule has 10 aromatic rings. The van der Waals surface area contributed by atoms with Gasteiger partial charge >= 0.3 is 0 Å². The van der Waals surface area contributed by atoms with Crippen LogP contribution in [-0.4, -0.2) is 220 Å². The number of fused-ring (bicyclic) bond motifs is 4. The van der Waals surface area contributed by atoms with E-state index >= 15 is 0 Å². The van der Waals surface area contributed by atoms with E-state index in [0.717, 1.165) is 31.4 Å². The Bertz CT molecular complexity index is 6300. The molecular weight excluding hydrogens is 1740 g/mol. The molecule has 42 nitrogen and oxygen atoms in total. The van der Waals surface area contributed by atoms with Crippen molar-refractivity contribution in [1.82, 2.24) is 67.6 Å². The van der Waals surface area contributed by atoms with Crippen LogP contribution in [0.2, 0.25) is 0 Å². The normalized spacial score (nSPS) is 13.8. The number of aryl methyl sites for hydroxylation is 9. The summed E-state index contributed by atoms with van der Waals surface area (Å²) in [5.74, 6) is -2.99. The smallest absolute Gasteiger partial charge is 0.272 e. The average Bonchev–Trinajstić information content (AvgIpc) is 1.66. The van der Waals surface area contributed by atoms with Gasteiger partial charge in [0.25, 0.3) is 53.2 Å². The Morgan fingerprint density at radius 2 is 0.630 bits per heavy atom. The molecule has 4 aliphatic heterocycles. The van der Waals surface area contributed by atoms with E-state index < -0.39 is 35.4 Å². The van der Waals surface area contributed by atoms with Gasteiger partial charge in [-0.05, 0) is 113 Å². The molecule has 2 saturated heterocycles. The molecule has 4 aliphatic rings. The first-order valence-corrected chi connectivity index (χ1v) is 43.9. The second-order valence-electron chi connectivity index (χ2n) is 33.1. The number of nitrogens with zero attached hydrogens (tertiary/aromatic N) is 12. The van der Waals surface area contributed by atoms with Crippen LogP contribution in [0.1, 0.15) is 177 Å². The third kappa shape index (κ3) is 24.1. The van der Waals surface area contributed by atoms with Crippen molar-refractivity contribution in [3.8, 4) is 23.0 Å². The van der Waals surface area contributed by atoms with Crippen LogP contribution >= 0.6 is 0 Å². The van der Waals surface area contributed by atoms with E-state index in [1.54, 1.807) is 169 Å². The number of benzene rings is 2. The summed E-state index contributed by atoms with van der Waals surface area (Å²) in [5.41, 5.74) is 8.26. The van der Waals surface area contributed by atoms with Gasteiger partial charge in [-0.2, -0.15) is 0 Å². The number of amides is 14. The first-order chi connectivity index (χ1) is 64.6. The third-order valence-corrected chi connectivity index (χ3v) is 22.9. The van der Waals surface area contributed by atoms with Crippen molar-refractivity contribution >= 4 is 152 Å². The maximum Gasteiger partial charge on any atom is 0.272 e. The van der Waals surface area contributed by atoms with Crippen molar-refractivity contribution < 1.29 is 86.1 Å². The summed E-state index contributed by atoms with van der Waals surface area (Å²) >= 11 is 0. The van der Waals surface area contributed by atoms with E-state index in [0.29, 0.717) is 148 Å². The van der Waals surface area contributed by atoms with Gasteiger partial charge in [-0.3, -0.25) is 77.1 Å². The van der Waals surface area contributed by atoms with Crippen LogP contribution in [0.4, 0.5) is 56.9 Å². The highest BCUT2D eigenvalue weighted by molar-refractivity contribution is 6.10. The van der Waals surface area contributed by atoms with Gasteiger partial charge in [0, 0.05) is 208 Å². The minimum atomic E-state index is -0.481. The zero-order valence-corrected chi connectivity index (χ0v) is 77.0. The Morgan fingerprint density at radius 1 is 0.341 bits per heavy atom. The second kappa shape index (κ2) is 43.2. The van der Waals surface area contributed by atoms with Crippen molar-refractivity contribution in [1.29, 1.82) is 0 Å². The van der Waals surface area contributed by atoms with Crippen molar-refractivity contribution in [2.24, 2.45) is 66.4 Å². The van der Waals surface area contributed by atoms with Gasteiger partial charge in [0.2, 0.25) is 29.5 Å². The maximum atomic E-state index is 13.3. The number of aliphatic imine (C=N–C) groups is 2. The summed E-state index contributed by atoms with van der Waals surface area (Å²) in [4.78, 5) is 193. The lowest BCUT2D eigenvalue weighted by atomic mass is 10.1. The van der Waals surface area contributed by atoms with Crippen LogP contribution in [0.25, 0.3) is 0 Å². The standard InChI is InChI=1S/C49H59N13O10.C44H51N11O8/c1-29(63)50-13-9-14-51-45(66)37-20-32(27-58(37)2)56-48(69)40-19-31(26-61(40)5)55-44(65)12-15-52-46(67)38-21-33(28-59(38)3)57-47(68)39-18-30(25-60(39)4)54-43(64)11-8-17-72-42-23-36-35(22-41(42)71-6)49(70)62-16-7-10-34(62)24-53-36;1-26-15-27(22-51(26)2)49-42(59)35-17-29(24-54(35)5)48-40(57)11-12-45-41(58)34-18-30(25-52(34)3)50-43(60)36-16-28(23-53(36)4)47-39(56)10-8-14-63-38-20-33-32(19-37(38)62-6)44(61)55-13-7-9-31(55)21-46-33/h18-28,34H,7-17H2,1-6H3,(H,50,63)(H,51,66)(H,52,67)(H,54,64)(H,55,65)(H,56,69)(H,57,68);15-25,31H,7-14H2,1-6H3,(H,45,58)(H,47,56)(H,48,57)(H,49,59)(H,50,60)/t34-;31-/m00/s1. The van der Waals surface area contributed by atoms with Gasteiger partial charge in [0.05, 0.1) is 108 Å². The van der Waals surface area contributed by atoms with Crippen molar-refractivity contribution in [3.63, 3.8) is 0 Å². The van der Waals surface area contributed by atoms with Gasteiger partial charge in [-0.1, -0.05) is 0 Å². The lowest BCUT2D eigenvalue weighted by Gasteiger charge is -2.20. The Labute approximate surface area is 776 Å². The number of rotatable bonds is 37. The number of methoxy groups -OCH3 is 2. The number of carbonyl (C=O) groups is 14. The zero-order valence-electron chi connectivity index (χ0n) is 77.0.